The monoisotopic (exact) mass is 511 g/mol. The zero-order valence-corrected chi connectivity index (χ0v) is 23.1. The number of nitrogens with zero attached hydrogens (tertiary/aromatic N) is 1. The Hall–Kier alpha value is -3.66. The molecule has 0 saturated carbocycles. The Morgan fingerprint density at radius 3 is 2.46 bits per heavy atom. The van der Waals surface area contributed by atoms with Crippen molar-refractivity contribution in [2.45, 2.75) is 50.4 Å². The van der Waals surface area contributed by atoms with E-state index < -0.39 is 5.66 Å². The van der Waals surface area contributed by atoms with Gasteiger partial charge in [0.1, 0.15) is 5.66 Å². The van der Waals surface area contributed by atoms with E-state index in [0.717, 1.165) is 13.0 Å². The lowest BCUT2D eigenvalue weighted by atomic mass is 9.81. The first kappa shape index (κ1) is 24.4. The molecule has 4 aliphatic rings. The Morgan fingerprint density at radius 2 is 1.69 bits per heavy atom. The highest BCUT2D eigenvalue weighted by Crippen LogP contribution is 2.54. The minimum atomic E-state index is -0.393. The molecule has 5 atom stereocenters. The molecule has 3 N–H and O–H groups in total. The number of rotatable bonds is 6. The predicted molar refractivity (Wildman–Crippen MR) is 164 cm³/mol. The fraction of sp³-hybridized carbons (Fsp3) is 0.278. The smallest absolute Gasteiger partial charge is 0.109 e. The number of allylic oxidation sites excluding steroid dienone is 5. The van der Waals surface area contributed by atoms with Crippen molar-refractivity contribution in [2.75, 3.05) is 11.9 Å². The van der Waals surface area contributed by atoms with Crippen molar-refractivity contribution in [1.29, 1.82) is 0 Å². The van der Waals surface area contributed by atoms with Gasteiger partial charge >= 0.3 is 0 Å². The Balaban J connectivity index is 1.31. The van der Waals surface area contributed by atoms with E-state index in [4.69, 9.17) is 5.73 Å². The molecule has 3 aliphatic carbocycles. The van der Waals surface area contributed by atoms with Crippen LogP contribution in [0.2, 0.25) is 0 Å². The molecule has 7 rings (SSSR count). The molecular weight excluding hydrogens is 474 g/mol. The molecule has 0 amide bonds. The standard InChI is InChI=1S/C36H37N3/c1-24-12-11-15-26(22-24)31(39-32-18-9-10-21-36(32,39)37)23-38-30-20-19-29-34(33(30)25-13-5-4-6-14-25)27-16-7-8-17-28(27)35(29,2)3/h4-21,24,31-32,38H,22-23,37H2,1-3H3. The second-order valence-electron chi connectivity index (χ2n) is 12.1. The van der Waals surface area contributed by atoms with Crippen LogP contribution in [0.1, 0.15) is 38.3 Å². The van der Waals surface area contributed by atoms with Crippen molar-refractivity contribution < 1.29 is 0 Å². The molecule has 0 bridgehead atoms. The highest BCUT2D eigenvalue weighted by atomic mass is 15.5. The average molecular weight is 512 g/mol. The van der Waals surface area contributed by atoms with Gasteiger partial charge in [-0.2, -0.15) is 0 Å². The largest absolute Gasteiger partial charge is 0.383 e. The molecule has 3 aromatic carbocycles. The molecule has 1 aliphatic heterocycles. The third kappa shape index (κ3) is 3.79. The minimum Gasteiger partial charge on any atom is -0.383 e. The first-order valence-electron chi connectivity index (χ1n) is 14.3. The lowest BCUT2D eigenvalue weighted by Crippen LogP contribution is -2.38. The van der Waals surface area contributed by atoms with Crippen LogP contribution in [0.25, 0.3) is 22.3 Å². The molecular formula is C36H37N3. The van der Waals surface area contributed by atoms with Gasteiger partial charge < -0.3 is 11.1 Å². The molecule has 3 aromatic rings. The summed E-state index contributed by atoms with van der Waals surface area (Å²) in [6, 6.07) is 24.9. The fourth-order valence-corrected chi connectivity index (χ4v) is 7.23. The quantitative estimate of drug-likeness (QED) is 0.338. The van der Waals surface area contributed by atoms with E-state index in [2.05, 4.69) is 140 Å². The molecule has 1 fully saturated rings. The number of nitrogens with two attached hydrogens (primary N) is 1. The van der Waals surface area contributed by atoms with Crippen molar-refractivity contribution in [3.05, 3.63) is 126 Å². The van der Waals surface area contributed by atoms with Crippen LogP contribution in [0.15, 0.2) is 115 Å². The van der Waals surface area contributed by atoms with Crippen LogP contribution < -0.4 is 11.1 Å². The van der Waals surface area contributed by atoms with Crippen LogP contribution in [0.4, 0.5) is 5.69 Å². The van der Waals surface area contributed by atoms with Gasteiger partial charge in [0, 0.05) is 23.2 Å². The van der Waals surface area contributed by atoms with E-state index in [1.54, 1.807) is 0 Å². The number of fused-ring (bicyclic) bond motifs is 4. The predicted octanol–water partition coefficient (Wildman–Crippen LogP) is 7.43. The number of nitrogens with one attached hydrogen (secondary N) is 1. The lowest BCUT2D eigenvalue weighted by molar-refractivity contribution is 0.372. The Bertz CT molecular complexity index is 1560. The Morgan fingerprint density at radius 1 is 0.897 bits per heavy atom. The van der Waals surface area contributed by atoms with Gasteiger partial charge in [-0.25, -0.2) is 0 Å². The summed E-state index contributed by atoms with van der Waals surface area (Å²) in [5.74, 6) is 0.535. The SMILES string of the molecule is CC1C=CC=C(C(CNc2ccc3c(c2-c2ccccc2)-c2ccccc2C3(C)C)N2C3C=CC=CC32N)C1. The van der Waals surface area contributed by atoms with Crippen LogP contribution in [0.3, 0.4) is 0 Å². The number of hydrogen-bond acceptors (Lipinski definition) is 3. The Labute approximate surface area is 232 Å². The first-order valence-corrected chi connectivity index (χ1v) is 14.3. The molecule has 1 saturated heterocycles. The van der Waals surface area contributed by atoms with Crippen molar-refractivity contribution in [1.82, 2.24) is 4.90 Å². The van der Waals surface area contributed by atoms with E-state index in [1.165, 1.54) is 44.6 Å². The van der Waals surface area contributed by atoms with Gasteiger partial charge in [-0.1, -0.05) is 123 Å². The summed E-state index contributed by atoms with van der Waals surface area (Å²) < 4.78 is 0. The van der Waals surface area contributed by atoms with Crippen molar-refractivity contribution in [3.8, 4) is 22.3 Å². The maximum Gasteiger partial charge on any atom is 0.109 e. The molecule has 0 aromatic heterocycles. The van der Waals surface area contributed by atoms with E-state index in [0.29, 0.717) is 5.92 Å². The van der Waals surface area contributed by atoms with E-state index >= 15 is 0 Å². The highest BCUT2D eigenvalue weighted by molar-refractivity contribution is 5.98. The lowest BCUT2D eigenvalue weighted by Gasteiger charge is -2.29. The fourth-order valence-electron chi connectivity index (χ4n) is 7.23. The van der Waals surface area contributed by atoms with Gasteiger partial charge in [0.25, 0.3) is 0 Å². The van der Waals surface area contributed by atoms with Gasteiger partial charge in [-0.15, -0.1) is 0 Å². The third-order valence-electron chi connectivity index (χ3n) is 9.29. The summed E-state index contributed by atoms with van der Waals surface area (Å²) in [5, 5.41) is 3.95. The molecule has 0 radical (unpaired) electrons. The van der Waals surface area contributed by atoms with Crippen LogP contribution in [-0.4, -0.2) is 29.2 Å². The van der Waals surface area contributed by atoms with E-state index in [9.17, 15) is 0 Å². The van der Waals surface area contributed by atoms with E-state index in [-0.39, 0.29) is 17.5 Å². The molecule has 196 valence electrons. The highest BCUT2D eigenvalue weighted by Gasteiger charge is 2.61. The summed E-state index contributed by atoms with van der Waals surface area (Å²) in [6.45, 7) is 7.80. The van der Waals surface area contributed by atoms with Gasteiger partial charge in [-0.3, -0.25) is 4.90 Å². The average Bonchev–Trinajstić information content (AvgIpc) is 3.50. The van der Waals surface area contributed by atoms with Crippen molar-refractivity contribution >= 4 is 5.69 Å². The normalized spacial score (nSPS) is 27.8. The number of hydrogen-bond donors (Lipinski definition) is 2. The summed E-state index contributed by atoms with van der Waals surface area (Å²) in [6.07, 6.45) is 16.5. The van der Waals surface area contributed by atoms with Crippen molar-refractivity contribution in [2.24, 2.45) is 11.7 Å². The van der Waals surface area contributed by atoms with Gasteiger partial charge in [-0.05, 0) is 52.3 Å². The zero-order chi connectivity index (χ0) is 26.8. The zero-order valence-electron chi connectivity index (χ0n) is 23.1. The number of benzene rings is 3. The second-order valence-corrected chi connectivity index (χ2v) is 12.1. The van der Waals surface area contributed by atoms with Crippen LogP contribution in [0, 0.1) is 5.92 Å². The summed E-state index contributed by atoms with van der Waals surface area (Å²) >= 11 is 0. The maximum absolute atomic E-state index is 6.90. The molecule has 39 heavy (non-hydrogen) atoms. The van der Waals surface area contributed by atoms with Gasteiger partial charge in [0.2, 0.25) is 0 Å². The van der Waals surface area contributed by atoms with Gasteiger partial charge in [0.05, 0.1) is 12.1 Å². The van der Waals surface area contributed by atoms with Crippen molar-refractivity contribution in [3.63, 3.8) is 0 Å². The second kappa shape index (κ2) is 8.94. The van der Waals surface area contributed by atoms with Crippen LogP contribution in [-0.2, 0) is 5.41 Å². The molecule has 3 nitrogen and oxygen atoms in total. The summed E-state index contributed by atoms with van der Waals surface area (Å²) in [7, 11) is 0. The van der Waals surface area contributed by atoms with Gasteiger partial charge in [0.15, 0.2) is 0 Å². The summed E-state index contributed by atoms with van der Waals surface area (Å²) in [4.78, 5) is 2.48. The molecule has 5 unspecified atom stereocenters. The molecule has 0 spiro atoms. The third-order valence-corrected chi connectivity index (χ3v) is 9.29. The maximum atomic E-state index is 6.90. The molecule has 3 heteroatoms. The minimum absolute atomic E-state index is 0.0358. The Kier molecular flexibility index (Phi) is 5.59. The first-order chi connectivity index (χ1) is 18.9. The summed E-state index contributed by atoms with van der Waals surface area (Å²) in [5.41, 5.74) is 17.1. The van der Waals surface area contributed by atoms with E-state index in [1.807, 2.05) is 0 Å². The van der Waals surface area contributed by atoms with Crippen LogP contribution in [0.5, 0.6) is 0 Å². The molecule has 1 heterocycles. The topological polar surface area (TPSA) is 41.1 Å². The number of anilines is 1. The van der Waals surface area contributed by atoms with Crippen LogP contribution >= 0.6 is 0 Å².